The Bertz CT molecular complexity index is 768. The summed E-state index contributed by atoms with van der Waals surface area (Å²) in [4.78, 5) is 14.9. The number of carbonyl (C=O) groups excluding carboxylic acids is 1. The van der Waals surface area contributed by atoms with Gasteiger partial charge in [-0.05, 0) is 61.8 Å². The van der Waals surface area contributed by atoms with Crippen molar-refractivity contribution >= 4 is 21.6 Å². The molecule has 0 N–H and O–H groups in total. The van der Waals surface area contributed by atoms with Crippen molar-refractivity contribution in [3.8, 4) is 0 Å². The maximum absolute atomic E-state index is 12.7. The van der Waals surface area contributed by atoms with E-state index < -0.39 is 10.0 Å². The summed E-state index contributed by atoms with van der Waals surface area (Å²) in [6, 6.07) is 5.30. The van der Waals surface area contributed by atoms with E-state index in [0.29, 0.717) is 23.9 Å². The zero-order valence-corrected chi connectivity index (χ0v) is 14.9. The number of rotatable bonds is 3. The highest BCUT2D eigenvalue weighted by Gasteiger charge is 2.42. The van der Waals surface area contributed by atoms with Crippen molar-refractivity contribution < 1.29 is 13.2 Å². The lowest BCUT2D eigenvalue weighted by Crippen LogP contribution is -2.37. The average molecular weight is 348 g/mol. The molecule has 0 spiro atoms. The first-order valence-electron chi connectivity index (χ1n) is 8.93. The quantitative estimate of drug-likeness (QED) is 0.843. The summed E-state index contributed by atoms with van der Waals surface area (Å²) in [6.45, 7) is 4.08. The molecule has 1 aromatic rings. The number of carbonyl (C=O) groups is 1. The van der Waals surface area contributed by atoms with Gasteiger partial charge in [0, 0.05) is 31.2 Å². The molecule has 4 rings (SSSR count). The topological polar surface area (TPSA) is 57.7 Å². The van der Waals surface area contributed by atoms with Gasteiger partial charge >= 0.3 is 0 Å². The van der Waals surface area contributed by atoms with Crippen molar-refractivity contribution in [1.29, 1.82) is 0 Å². The number of amides is 1. The van der Waals surface area contributed by atoms with Crippen LogP contribution >= 0.6 is 0 Å². The minimum atomic E-state index is -3.39. The van der Waals surface area contributed by atoms with Crippen molar-refractivity contribution in [2.24, 2.45) is 11.8 Å². The molecular formula is C18H24N2O3S. The third-order valence-electron chi connectivity index (χ3n) is 5.57. The van der Waals surface area contributed by atoms with E-state index in [1.54, 1.807) is 16.4 Å². The van der Waals surface area contributed by atoms with Crippen LogP contribution in [0, 0.1) is 11.8 Å². The van der Waals surface area contributed by atoms with E-state index in [4.69, 9.17) is 0 Å². The van der Waals surface area contributed by atoms with Gasteiger partial charge in [0.25, 0.3) is 0 Å². The third kappa shape index (κ3) is 2.65. The number of hydrogen-bond donors (Lipinski definition) is 0. The zero-order chi connectivity index (χ0) is 16.9. The molecule has 6 heteroatoms. The van der Waals surface area contributed by atoms with Gasteiger partial charge in [-0.15, -0.1) is 0 Å². The van der Waals surface area contributed by atoms with Crippen LogP contribution in [0.4, 0.5) is 5.69 Å². The Morgan fingerprint density at radius 3 is 2.50 bits per heavy atom. The lowest BCUT2D eigenvalue weighted by molar-refractivity contribution is -0.120. The van der Waals surface area contributed by atoms with Crippen LogP contribution in [0.1, 0.15) is 38.2 Å². The second-order valence-corrected chi connectivity index (χ2v) is 9.25. The van der Waals surface area contributed by atoms with Crippen molar-refractivity contribution in [2.45, 2.75) is 43.9 Å². The fraction of sp³-hybridized carbons (Fsp3) is 0.611. The molecule has 24 heavy (non-hydrogen) atoms. The van der Waals surface area contributed by atoms with E-state index in [1.165, 1.54) is 0 Å². The number of hydrogen-bond acceptors (Lipinski definition) is 3. The Morgan fingerprint density at radius 1 is 1.12 bits per heavy atom. The van der Waals surface area contributed by atoms with Crippen molar-refractivity contribution in [3.05, 3.63) is 23.8 Å². The molecule has 2 atom stereocenters. The lowest BCUT2D eigenvalue weighted by atomic mass is 10.0. The molecule has 1 saturated heterocycles. The molecule has 1 aromatic carbocycles. The standard InChI is InChI=1S/C18H24N2O3S/c1-13-11-16(13)18(21)20-10-4-5-14-12-15(6-7-17(14)20)24(22,23)19-8-2-3-9-19/h6-7,12-13,16H,2-5,8-11H2,1H3. The van der Waals surface area contributed by atoms with Gasteiger partial charge in [0.15, 0.2) is 0 Å². The van der Waals surface area contributed by atoms with E-state index in [1.807, 2.05) is 11.0 Å². The first-order valence-corrected chi connectivity index (χ1v) is 10.4. The molecule has 5 nitrogen and oxygen atoms in total. The number of aryl methyl sites for hydroxylation is 1. The van der Waals surface area contributed by atoms with Gasteiger partial charge in [0.2, 0.25) is 15.9 Å². The molecule has 1 amide bonds. The maximum Gasteiger partial charge on any atom is 0.243 e. The Labute approximate surface area is 143 Å². The van der Waals surface area contributed by atoms with E-state index in [2.05, 4.69) is 6.92 Å². The molecule has 1 saturated carbocycles. The first-order chi connectivity index (χ1) is 11.5. The van der Waals surface area contributed by atoms with Crippen LogP contribution in [0.5, 0.6) is 0 Å². The zero-order valence-electron chi connectivity index (χ0n) is 14.1. The molecule has 2 fully saturated rings. The minimum Gasteiger partial charge on any atom is -0.312 e. The number of anilines is 1. The summed E-state index contributed by atoms with van der Waals surface area (Å²) >= 11 is 0. The number of fused-ring (bicyclic) bond motifs is 1. The Balaban J connectivity index is 1.64. The summed E-state index contributed by atoms with van der Waals surface area (Å²) in [5.74, 6) is 0.847. The fourth-order valence-corrected chi connectivity index (χ4v) is 5.48. The lowest BCUT2D eigenvalue weighted by Gasteiger charge is -2.30. The Kier molecular flexibility index (Phi) is 3.92. The average Bonchev–Trinajstić information content (AvgIpc) is 3.08. The van der Waals surface area contributed by atoms with Crippen molar-refractivity contribution in [1.82, 2.24) is 4.31 Å². The second kappa shape index (κ2) is 5.85. The normalized spacial score (nSPS) is 27.1. The number of sulfonamides is 1. The van der Waals surface area contributed by atoms with Crippen LogP contribution in [0.15, 0.2) is 23.1 Å². The largest absolute Gasteiger partial charge is 0.312 e. The van der Waals surface area contributed by atoms with Gasteiger partial charge in [-0.3, -0.25) is 4.79 Å². The van der Waals surface area contributed by atoms with Gasteiger partial charge in [0.05, 0.1) is 4.90 Å². The van der Waals surface area contributed by atoms with Crippen LogP contribution in [-0.2, 0) is 21.2 Å². The van der Waals surface area contributed by atoms with Crippen LogP contribution in [-0.4, -0.2) is 38.3 Å². The highest BCUT2D eigenvalue weighted by atomic mass is 32.2. The van der Waals surface area contributed by atoms with Crippen molar-refractivity contribution in [3.63, 3.8) is 0 Å². The summed E-state index contributed by atoms with van der Waals surface area (Å²) in [5, 5.41) is 0. The predicted octanol–water partition coefficient (Wildman–Crippen LogP) is 2.41. The highest BCUT2D eigenvalue weighted by molar-refractivity contribution is 7.89. The van der Waals surface area contributed by atoms with Gasteiger partial charge in [-0.2, -0.15) is 4.31 Å². The first kappa shape index (κ1) is 16.1. The summed E-state index contributed by atoms with van der Waals surface area (Å²) < 4.78 is 27.1. The molecule has 1 aliphatic carbocycles. The monoisotopic (exact) mass is 348 g/mol. The van der Waals surface area contributed by atoms with Crippen LogP contribution < -0.4 is 4.90 Å². The second-order valence-electron chi connectivity index (χ2n) is 7.31. The van der Waals surface area contributed by atoms with Crippen LogP contribution in [0.3, 0.4) is 0 Å². The molecule has 130 valence electrons. The Morgan fingerprint density at radius 2 is 1.83 bits per heavy atom. The molecule has 0 radical (unpaired) electrons. The third-order valence-corrected chi connectivity index (χ3v) is 7.46. The predicted molar refractivity (Wildman–Crippen MR) is 92.4 cm³/mol. The van der Waals surface area contributed by atoms with Crippen LogP contribution in [0.25, 0.3) is 0 Å². The van der Waals surface area contributed by atoms with Gasteiger partial charge in [-0.25, -0.2) is 8.42 Å². The number of nitrogens with zero attached hydrogens (tertiary/aromatic N) is 2. The molecule has 3 aliphatic rings. The fourth-order valence-electron chi connectivity index (χ4n) is 3.91. The van der Waals surface area contributed by atoms with Gasteiger partial charge in [-0.1, -0.05) is 6.92 Å². The summed E-state index contributed by atoms with van der Waals surface area (Å²) in [7, 11) is -3.39. The molecule has 0 aromatic heterocycles. The van der Waals surface area contributed by atoms with Gasteiger partial charge < -0.3 is 4.90 Å². The van der Waals surface area contributed by atoms with Crippen molar-refractivity contribution in [2.75, 3.05) is 24.5 Å². The van der Waals surface area contributed by atoms with Crippen LogP contribution in [0.2, 0.25) is 0 Å². The smallest absolute Gasteiger partial charge is 0.243 e. The van der Waals surface area contributed by atoms with E-state index in [9.17, 15) is 13.2 Å². The summed E-state index contributed by atoms with van der Waals surface area (Å²) in [6.07, 6.45) is 4.58. The minimum absolute atomic E-state index is 0.156. The molecule has 2 heterocycles. The SMILES string of the molecule is CC1CC1C(=O)N1CCCc2cc(S(=O)(=O)N3CCCC3)ccc21. The number of benzene rings is 1. The molecule has 0 bridgehead atoms. The van der Waals surface area contributed by atoms with E-state index >= 15 is 0 Å². The maximum atomic E-state index is 12.7. The van der Waals surface area contributed by atoms with E-state index in [-0.39, 0.29) is 11.8 Å². The van der Waals surface area contributed by atoms with Gasteiger partial charge in [0.1, 0.15) is 0 Å². The van der Waals surface area contributed by atoms with E-state index in [0.717, 1.165) is 49.9 Å². The molecular weight excluding hydrogens is 324 g/mol. The molecule has 2 aliphatic heterocycles. The summed E-state index contributed by atoms with van der Waals surface area (Å²) in [5.41, 5.74) is 1.90. The Hall–Kier alpha value is -1.40. The highest BCUT2D eigenvalue weighted by Crippen LogP contribution is 2.41. The molecule has 2 unspecified atom stereocenters.